The molecule has 1 atom stereocenters. The van der Waals surface area contributed by atoms with Crippen LogP contribution in [0.2, 0.25) is 5.02 Å². The lowest BCUT2D eigenvalue weighted by Crippen LogP contribution is -1.93. The van der Waals surface area contributed by atoms with Crippen LogP contribution in [0.3, 0.4) is 0 Å². The Balaban J connectivity index is 3.02. The molecule has 0 spiro atoms. The van der Waals surface area contributed by atoms with E-state index in [-0.39, 0.29) is 5.92 Å². The van der Waals surface area contributed by atoms with Crippen LogP contribution in [0.15, 0.2) is 24.3 Å². The van der Waals surface area contributed by atoms with Gasteiger partial charge in [-0.3, -0.25) is 0 Å². The SMILES string of the molecule is CC(C=N)c1ccccc1Cl. The molecule has 2 heteroatoms. The zero-order chi connectivity index (χ0) is 8.27. The van der Waals surface area contributed by atoms with Gasteiger partial charge in [0.05, 0.1) is 0 Å². The Hall–Kier alpha value is -0.820. The van der Waals surface area contributed by atoms with Crippen molar-refractivity contribution in [3.8, 4) is 0 Å². The van der Waals surface area contributed by atoms with E-state index in [0.29, 0.717) is 0 Å². The second-order valence-electron chi connectivity index (χ2n) is 2.48. The van der Waals surface area contributed by atoms with Gasteiger partial charge in [-0.15, -0.1) is 0 Å². The van der Waals surface area contributed by atoms with Gasteiger partial charge in [0, 0.05) is 17.2 Å². The van der Waals surface area contributed by atoms with Gasteiger partial charge in [0.25, 0.3) is 0 Å². The van der Waals surface area contributed by atoms with Crippen LogP contribution in [0.5, 0.6) is 0 Å². The van der Waals surface area contributed by atoms with Crippen molar-refractivity contribution in [1.82, 2.24) is 0 Å². The van der Waals surface area contributed by atoms with Gasteiger partial charge < -0.3 is 5.41 Å². The zero-order valence-corrected chi connectivity index (χ0v) is 7.10. The van der Waals surface area contributed by atoms with E-state index in [1.807, 2.05) is 31.2 Å². The summed E-state index contributed by atoms with van der Waals surface area (Å²) in [5.41, 5.74) is 1.02. The van der Waals surface area contributed by atoms with Gasteiger partial charge >= 0.3 is 0 Å². The van der Waals surface area contributed by atoms with Crippen LogP contribution in [-0.2, 0) is 0 Å². The monoisotopic (exact) mass is 167 g/mol. The zero-order valence-electron chi connectivity index (χ0n) is 6.34. The van der Waals surface area contributed by atoms with Crippen molar-refractivity contribution in [1.29, 1.82) is 5.41 Å². The number of benzene rings is 1. The molecule has 1 nitrogen and oxygen atoms in total. The van der Waals surface area contributed by atoms with Crippen molar-refractivity contribution in [3.63, 3.8) is 0 Å². The lowest BCUT2D eigenvalue weighted by molar-refractivity contribution is 1.04. The van der Waals surface area contributed by atoms with Crippen LogP contribution in [-0.4, -0.2) is 6.21 Å². The summed E-state index contributed by atoms with van der Waals surface area (Å²) in [5, 5.41) is 7.80. The average Bonchev–Trinajstić information content (AvgIpc) is 2.04. The first-order valence-corrected chi connectivity index (χ1v) is 3.88. The van der Waals surface area contributed by atoms with Crippen LogP contribution < -0.4 is 0 Å². The quantitative estimate of drug-likeness (QED) is 0.655. The van der Waals surface area contributed by atoms with Gasteiger partial charge in [0.2, 0.25) is 0 Å². The summed E-state index contributed by atoms with van der Waals surface area (Å²) in [6.07, 6.45) is 1.39. The van der Waals surface area contributed by atoms with Gasteiger partial charge in [-0.05, 0) is 11.6 Å². The van der Waals surface area contributed by atoms with Crippen molar-refractivity contribution >= 4 is 17.8 Å². The normalized spacial score (nSPS) is 12.5. The predicted octanol–water partition coefficient (Wildman–Crippen LogP) is 3.09. The van der Waals surface area contributed by atoms with E-state index in [0.717, 1.165) is 10.6 Å². The molecule has 0 aromatic heterocycles. The molecule has 1 N–H and O–H groups in total. The number of halogens is 1. The molecule has 0 aliphatic heterocycles. The number of hydrogen-bond donors (Lipinski definition) is 1. The highest BCUT2D eigenvalue weighted by atomic mass is 35.5. The van der Waals surface area contributed by atoms with Crippen molar-refractivity contribution in [3.05, 3.63) is 34.9 Å². The summed E-state index contributed by atoms with van der Waals surface area (Å²) in [6, 6.07) is 7.61. The smallest absolute Gasteiger partial charge is 0.0444 e. The van der Waals surface area contributed by atoms with Crippen molar-refractivity contribution in [2.24, 2.45) is 0 Å². The lowest BCUT2D eigenvalue weighted by atomic mass is 10.0. The molecule has 0 fully saturated rings. The van der Waals surface area contributed by atoms with E-state index in [1.54, 1.807) is 0 Å². The van der Waals surface area contributed by atoms with Gasteiger partial charge in [-0.2, -0.15) is 0 Å². The predicted molar refractivity (Wildman–Crippen MR) is 48.7 cm³/mol. The number of nitrogens with one attached hydrogen (secondary N) is 1. The second kappa shape index (κ2) is 3.54. The summed E-state index contributed by atoms with van der Waals surface area (Å²) >= 11 is 5.89. The molecule has 0 saturated carbocycles. The largest absolute Gasteiger partial charge is 0.312 e. The first-order valence-electron chi connectivity index (χ1n) is 3.50. The summed E-state index contributed by atoms with van der Waals surface area (Å²) < 4.78 is 0. The highest BCUT2D eigenvalue weighted by molar-refractivity contribution is 6.31. The third-order valence-corrected chi connectivity index (χ3v) is 1.99. The summed E-state index contributed by atoms with van der Waals surface area (Å²) in [7, 11) is 0. The highest BCUT2D eigenvalue weighted by Crippen LogP contribution is 2.21. The van der Waals surface area contributed by atoms with Crippen LogP contribution in [0, 0.1) is 5.41 Å². The fourth-order valence-corrected chi connectivity index (χ4v) is 1.24. The Morgan fingerprint density at radius 2 is 2.09 bits per heavy atom. The standard InChI is InChI=1S/C9H10ClN/c1-7(6-11)8-4-2-3-5-9(8)10/h2-7,11H,1H3. The number of hydrogen-bond acceptors (Lipinski definition) is 1. The van der Waals surface area contributed by atoms with Gasteiger partial charge in [0.1, 0.15) is 0 Å². The fourth-order valence-electron chi connectivity index (χ4n) is 0.934. The molecule has 0 aliphatic carbocycles. The van der Waals surface area contributed by atoms with E-state index in [1.165, 1.54) is 6.21 Å². The maximum atomic E-state index is 7.06. The molecule has 0 bridgehead atoms. The molecule has 1 aromatic rings. The molecule has 0 amide bonds. The van der Waals surface area contributed by atoms with E-state index in [2.05, 4.69) is 0 Å². The van der Waals surface area contributed by atoms with E-state index in [4.69, 9.17) is 17.0 Å². The van der Waals surface area contributed by atoms with E-state index >= 15 is 0 Å². The molecule has 1 rings (SSSR count). The molecule has 0 saturated heterocycles. The van der Waals surface area contributed by atoms with Crippen LogP contribution in [0.25, 0.3) is 0 Å². The molecule has 11 heavy (non-hydrogen) atoms. The van der Waals surface area contributed by atoms with Crippen LogP contribution >= 0.6 is 11.6 Å². The summed E-state index contributed by atoms with van der Waals surface area (Å²) in [5.74, 6) is 0.115. The minimum absolute atomic E-state index is 0.115. The Morgan fingerprint density at radius 1 is 1.45 bits per heavy atom. The molecule has 1 aromatic carbocycles. The van der Waals surface area contributed by atoms with Gasteiger partial charge in [-0.25, -0.2) is 0 Å². The fraction of sp³-hybridized carbons (Fsp3) is 0.222. The van der Waals surface area contributed by atoms with Crippen LogP contribution in [0.4, 0.5) is 0 Å². The Morgan fingerprint density at radius 3 is 2.64 bits per heavy atom. The molecular formula is C9H10ClN. The molecule has 0 radical (unpaired) electrons. The number of rotatable bonds is 2. The molecular weight excluding hydrogens is 158 g/mol. The third kappa shape index (κ3) is 1.81. The Kier molecular flexibility index (Phi) is 2.66. The Labute approximate surface area is 71.5 Å². The summed E-state index contributed by atoms with van der Waals surface area (Å²) in [6.45, 7) is 1.95. The molecule has 0 heterocycles. The van der Waals surface area contributed by atoms with Gasteiger partial charge in [-0.1, -0.05) is 36.7 Å². The second-order valence-corrected chi connectivity index (χ2v) is 2.88. The summed E-state index contributed by atoms with van der Waals surface area (Å²) in [4.78, 5) is 0. The van der Waals surface area contributed by atoms with Crippen LogP contribution in [0.1, 0.15) is 18.4 Å². The molecule has 1 unspecified atom stereocenters. The van der Waals surface area contributed by atoms with Crippen molar-refractivity contribution in [2.45, 2.75) is 12.8 Å². The average molecular weight is 168 g/mol. The Bertz CT molecular complexity index is 257. The van der Waals surface area contributed by atoms with E-state index < -0.39 is 0 Å². The minimum Gasteiger partial charge on any atom is -0.312 e. The molecule has 0 aliphatic rings. The lowest BCUT2D eigenvalue weighted by Gasteiger charge is -2.06. The maximum Gasteiger partial charge on any atom is 0.0444 e. The van der Waals surface area contributed by atoms with E-state index in [9.17, 15) is 0 Å². The first-order chi connectivity index (χ1) is 5.25. The third-order valence-electron chi connectivity index (χ3n) is 1.65. The maximum absolute atomic E-state index is 7.06. The topological polar surface area (TPSA) is 23.9 Å². The first kappa shape index (κ1) is 8.28. The van der Waals surface area contributed by atoms with Crippen molar-refractivity contribution in [2.75, 3.05) is 0 Å². The van der Waals surface area contributed by atoms with Gasteiger partial charge in [0.15, 0.2) is 0 Å². The highest BCUT2D eigenvalue weighted by Gasteiger charge is 2.04. The van der Waals surface area contributed by atoms with Crippen molar-refractivity contribution < 1.29 is 0 Å². The molecule has 58 valence electrons. The minimum atomic E-state index is 0.115.